The average Bonchev–Trinajstić information content (AvgIpc) is 3.68. The molecule has 0 aliphatic carbocycles. The molecule has 1 fully saturated rings. The van der Waals surface area contributed by atoms with Gasteiger partial charge in [-0.3, -0.25) is 9.59 Å². The average molecular weight is 603 g/mol. The Labute approximate surface area is 246 Å². The zero-order chi connectivity index (χ0) is 30.1. The van der Waals surface area contributed by atoms with Crippen molar-refractivity contribution in [2.45, 2.75) is 9.79 Å². The van der Waals surface area contributed by atoms with Gasteiger partial charge in [-0.25, -0.2) is 23.2 Å². The van der Waals surface area contributed by atoms with Crippen LogP contribution in [0, 0.1) is 5.82 Å². The number of aromatic nitrogens is 4. The Kier molecular flexibility index (Phi) is 7.38. The number of carbonyl (C=O) groups is 2. The Hall–Kier alpha value is -5.08. The number of anilines is 2. The minimum atomic E-state index is -3.99. The number of nitrogens with one attached hydrogen (secondary N) is 3. The number of H-pyrrole nitrogens is 1. The van der Waals surface area contributed by atoms with E-state index in [0.29, 0.717) is 29.7 Å². The van der Waals surface area contributed by atoms with Crippen LogP contribution in [0.15, 0.2) is 89.0 Å². The zero-order valence-corrected chi connectivity index (χ0v) is 23.8. The number of imidazole rings is 1. The second-order valence-corrected chi connectivity index (χ2v) is 12.0. The molecule has 12 nitrogen and oxygen atoms in total. The summed E-state index contributed by atoms with van der Waals surface area (Å²) in [6.07, 6.45) is 4.41. The number of carbonyl (C=O) groups excluding carboxylic acids is 2. The fraction of sp³-hybridized carbons (Fsp3) is 0.172. The molecule has 43 heavy (non-hydrogen) atoms. The lowest BCUT2D eigenvalue weighted by Gasteiger charge is -2.35. The predicted octanol–water partition coefficient (Wildman–Crippen LogP) is 3.12. The first-order valence-electron chi connectivity index (χ1n) is 13.4. The molecule has 0 radical (unpaired) electrons. The van der Waals surface area contributed by atoms with Crippen molar-refractivity contribution in [1.29, 1.82) is 0 Å². The van der Waals surface area contributed by atoms with Crippen LogP contribution in [-0.2, 0) is 9.84 Å². The molecule has 2 aromatic heterocycles. The molecule has 0 spiro atoms. The van der Waals surface area contributed by atoms with Gasteiger partial charge in [0.1, 0.15) is 5.82 Å². The Balaban J connectivity index is 1.33. The van der Waals surface area contributed by atoms with Crippen molar-refractivity contribution in [3.63, 3.8) is 0 Å². The van der Waals surface area contributed by atoms with E-state index in [1.165, 1.54) is 59.8 Å². The van der Waals surface area contributed by atoms with E-state index in [1.807, 2.05) is 13.1 Å². The Morgan fingerprint density at radius 2 is 1.72 bits per heavy atom. The molecular formula is C29H27FN8O4S. The number of rotatable bonds is 7. The number of hydrogen-bond acceptors (Lipinski definition) is 8. The fourth-order valence-corrected chi connectivity index (χ4v) is 6.28. The van der Waals surface area contributed by atoms with Gasteiger partial charge in [-0.05, 0) is 55.6 Å². The highest BCUT2D eigenvalue weighted by Crippen LogP contribution is 2.30. The van der Waals surface area contributed by atoms with Crippen LogP contribution in [0.1, 0.15) is 21.0 Å². The third kappa shape index (κ3) is 5.57. The van der Waals surface area contributed by atoms with Gasteiger partial charge >= 0.3 is 0 Å². The highest BCUT2D eigenvalue weighted by Gasteiger charge is 2.26. The van der Waals surface area contributed by atoms with Crippen LogP contribution in [0.5, 0.6) is 0 Å². The van der Waals surface area contributed by atoms with Gasteiger partial charge < -0.3 is 20.1 Å². The van der Waals surface area contributed by atoms with Gasteiger partial charge in [0, 0.05) is 44.0 Å². The maximum absolute atomic E-state index is 13.9. The van der Waals surface area contributed by atoms with Gasteiger partial charge in [-0.15, -0.1) is 0 Å². The number of nitrogens with zero attached hydrogens (tertiary/aromatic N) is 5. The first kappa shape index (κ1) is 28.1. The lowest BCUT2D eigenvalue weighted by Crippen LogP contribution is -2.45. The molecule has 1 aliphatic heterocycles. The number of amides is 2. The predicted molar refractivity (Wildman–Crippen MR) is 158 cm³/mol. The van der Waals surface area contributed by atoms with Crippen molar-refractivity contribution < 1.29 is 22.4 Å². The van der Waals surface area contributed by atoms with Crippen molar-refractivity contribution >= 4 is 43.9 Å². The molecule has 6 rings (SSSR count). The lowest BCUT2D eigenvalue weighted by molar-refractivity contribution is 0.101. The molecule has 3 heterocycles. The van der Waals surface area contributed by atoms with E-state index in [9.17, 15) is 22.4 Å². The number of hydrogen-bond donors (Lipinski definition) is 3. The number of aromatic amines is 1. The maximum Gasteiger partial charge on any atom is 0.291 e. The van der Waals surface area contributed by atoms with Gasteiger partial charge in [-0.2, -0.15) is 9.89 Å². The summed E-state index contributed by atoms with van der Waals surface area (Å²) in [7, 11) is -1.96. The number of fused-ring (bicyclic) bond motifs is 1. The molecule has 1 saturated heterocycles. The van der Waals surface area contributed by atoms with E-state index in [1.54, 1.807) is 12.1 Å². The van der Waals surface area contributed by atoms with E-state index in [2.05, 4.69) is 35.6 Å². The Bertz CT molecular complexity index is 1930. The molecule has 2 amide bonds. The van der Waals surface area contributed by atoms with Crippen molar-refractivity contribution in [1.82, 2.24) is 24.8 Å². The Morgan fingerprint density at radius 1 is 0.953 bits per heavy atom. The standard InChI is InChI=1S/C29H27FN8O4S/c1-36-12-14-37(15-13-36)25-7-3-6-23(34-29(40)27-31-10-11-32-27)26(25)28(39)35-38-24-9-8-22(16-19(24)18-33-38)43(41,42)21-5-2-4-20(30)17-21/h2-11,16-18H,12-15H2,1H3,(H,31,32)(H,34,40)(H,35,39). The summed E-state index contributed by atoms with van der Waals surface area (Å²) >= 11 is 0. The topological polar surface area (TPSA) is 145 Å². The van der Waals surface area contributed by atoms with E-state index in [4.69, 9.17) is 0 Å². The molecule has 0 atom stereocenters. The largest absolute Gasteiger partial charge is 0.368 e. The van der Waals surface area contributed by atoms with E-state index in [0.717, 1.165) is 19.2 Å². The molecule has 220 valence electrons. The van der Waals surface area contributed by atoms with Crippen LogP contribution in [0.4, 0.5) is 15.8 Å². The molecule has 0 bridgehead atoms. The summed E-state index contributed by atoms with van der Waals surface area (Å²) in [6, 6.07) is 14.3. The second kappa shape index (κ2) is 11.3. The summed E-state index contributed by atoms with van der Waals surface area (Å²) in [5.74, 6) is -1.61. The van der Waals surface area contributed by atoms with Gasteiger partial charge in [-0.1, -0.05) is 12.1 Å². The third-order valence-electron chi connectivity index (χ3n) is 7.24. The van der Waals surface area contributed by atoms with Gasteiger partial charge in [0.25, 0.3) is 11.8 Å². The molecular weight excluding hydrogens is 575 g/mol. The normalized spacial score (nSPS) is 14.1. The van der Waals surface area contributed by atoms with Crippen molar-refractivity contribution in [3.8, 4) is 0 Å². The third-order valence-corrected chi connectivity index (χ3v) is 8.99. The van der Waals surface area contributed by atoms with Gasteiger partial charge in [0.2, 0.25) is 9.84 Å². The highest BCUT2D eigenvalue weighted by atomic mass is 32.2. The highest BCUT2D eigenvalue weighted by molar-refractivity contribution is 7.91. The van der Waals surface area contributed by atoms with Gasteiger partial charge in [0.05, 0.1) is 38.4 Å². The SMILES string of the molecule is CN1CCN(c2cccc(NC(=O)c3ncc[nH]3)c2C(=O)Nn2ncc3cc(S(=O)(=O)c4cccc(F)c4)ccc32)CC1. The van der Waals surface area contributed by atoms with Crippen molar-refractivity contribution in [2.75, 3.05) is 48.9 Å². The Morgan fingerprint density at radius 3 is 2.47 bits per heavy atom. The lowest BCUT2D eigenvalue weighted by atomic mass is 10.1. The molecule has 3 N–H and O–H groups in total. The van der Waals surface area contributed by atoms with Crippen molar-refractivity contribution in [2.24, 2.45) is 0 Å². The first-order chi connectivity index (χ1) is 20.7. The van der Waals surface area contributed by atoms with Crippen LogP contribution < -0.4 is 15.6 Å². The molecule has 3 aromatic carbocycles. The minimum absolute atomic E-state index is 0.0418. The molecule has 14 heteroatoms. The second-order valence-electron chi connectivity index (χ2n) is 10.1. The summed E-state index contributed by atoms with van der Waals surface area (Å²) in [5, 5.41) is 7.49. The minimum Gasteiger partial charge on any atom is -0.368 e. The number of halogens is 1. The number of piperazine rings is 1. The summed E-state index contributed by atoms with van der Waals surface area (Å²) in [6.45, 7) is 2.96. The van der Waals surface area contributed by atoms with Crippen LogP contribution in [0.25, 0.3) is 10.9 Å². The van der Waals surface area contributed by atoms with Crippen molar-refractivity contribution in [3.05, 3.63) is 96.5 Å². The molecule has 1 aliphatic rings. The quantitative estimate of drug-likeness (QED) is 0.258. The maximum atomic E-state index is 13.9. The number of sulfone groups is 1. The van der Waals surface area contributed by atoms with Crippen LogP contribution in [0.3, 0.4) is 0 Å². The summed E-state index contributed by atoms with van der Waals surface area (Å²) in [4.78, 5) is 38.8. The van der Waals surface area contributed by atoms with Gasteiger partial charge in [0.15, 0.2) is 5.82 Å². The first-order valence-corrected chi connectivity index (χ1v) is 14.9. The fourth-order valence-electron chi connectivity index (χ4n) is 4.95. The van der Waals surface area contributed by atoms with Crippen LogP contribution >= 0.6 is 0 Å². The number of likely N-dealkylation sites (N-methyl/N-ethyl adjacent to an activating group) is 1. The summed E-state index contributed by atoms with van der Waals surface area (Å²) < 4.78 is 39.9. The van der Waals surface area contributed by atoms with E-state index >= 15 is 0 Å². The molecule has 0 saturated carbocycles. The monoisotopic (exact) mass is 602 g/mol. The number of benzene rings is 3. The van der Waals surface area contributed by atoms with E-state index < -0.39 is 27.5 Å². The molecule has 0 unspecified atom stereocenters. The van der Waals surface area contributed by atoms with Crippen LogP contribution in [0.2, 0.25) is 0 Å². The zero-order valence-electron chi connectivity index (χ0n) is 23.0. The summed E-state index contributed by atoms with van der Waals surface area (Å²) in [5.41, 5.74) is 4.37. The van der Waals surface area contributed by atoms with E-state index in [-0.39, 0.29) is 26.9 Å². The van der Waals surface area contributed by atoms with Crippen LogP contribution in [-0.4, -0.2) is 78.2 Å². The smallest absolute Gasteiger partial charge is 0.291 e. The molecule has 5 aromatic rings.